The zero-order valence-corrected chi connectivity index (χ0v) is 12.9. The lowest BCUT2D eigenvalue weighted by Gasteiger charge is -2.26. The maximum atomic E-state index is 8.92. The van der Waals surface area contributed by atoms with E-state index in [0.29, 0.717) is 6.04 Å². The van der Waals surface area contributed by atoms with E-state index >= 15 is 0 Å². The van der Waals surface area contributed by atoms with Crippen LogP contribution in [-0.4, -0.2) is 36.3 Å². The third-order valence-electron chi connectivity index (χ3n) is 2.94. The molecule has 0 radical (unpaired) electrons. The number of methoxy groups -OCH3 is 1. The van der Waals surface area contributed by atoms with E-state index in [1.807, 2.05) is 6.07 Å². The molecule has 0 unspecified atom stereocenters. The van der Waals surface area contributed by atoms with Gasteiger partial charge in [0.15, 0.2) is 0 Å². The number of rotatable bonds is 7. The Hall–Kier alpha value is -0.580. The van der Waals surface area contributed by atoms with Crippen molar-refractivity contribution in [3.8, 4) is 5.75 Å². The highest BCUT2D eigenvalue weighted by Gasteiger charge is 2.10. The average Bonchev–Trinajstić information content (AvgIpc) is 2.34. The van der Waals surface area contributed by atoms with Crippen molar-refractivity contribution in [1.29, 1.82) is 0 Å². The number of ether oxygens (including phenoxy) is 1. The predicted molar refractivity (Wildman–Crippen MR) is 77.9 cm³/mol. The molecule has 3 nitrogen and oxygen atoms in total. The van der Waals surface area contributed by atoms with Crippen LogP contribution in [0.1, 0.15) is 25.8 Å². The van der Waals surface area contributed by atoms with Crippen LogP contribution in [0, 0.1) is 0 Å². The maximum Gasteiger partial charge on any atom is 0.133 e. The van der Waals surface area contributed by atoms with Crippen molar-refractivity contribution in [3.05, 3.63) is 28.2 Å². The summed E-state index contributed by atoms with van der Waals surface area (Å²) in [4.78, 5) is 2.35. The van der Waals surface area contributed by atoms with Crippen molar-refractivity contribution in [2.45, 2.75) is 32.9 Å². The van der Waals surface area contributed by atoms with Gasteiger partial charge in [-0.1, -0.05) is 6.07 Å². The van der Waals surface area contributed by atoms with Gasteiger partial charge in [-0.25, -0.2) is 0 Å². The highest BCUT2D eigenvalue weighted by molar-refractivity contribution is 9.10. The van der Waals surface area contributed by atoms with Gasteiger partial charge in [-0.15, -0.1) is 0 Å². The molecule has 0 amide bonds. The summed E-state index contributed by atoms with van der Waals surface area (Å²) in [6.07, 6.45) is 0.815. The molecular formula is C14H22BrNO2. The van der Waals surface area contributed by atoms with Gasteiger partial charge in [0.25, 0.3) is 0 Å². The zero-order chi connectivity index (χ0) is 13.5. The van der Waals surface area contributed by atoms with Gasteiger partial charge >= 0.3 is 0 Å². The SMILES string of the molecule is COc1ccc(CN(CCCO)C(C)C)cc1Br. The number of hydrogen-bond donors (Lipinski definition) is 1. The van der Waals surface area contributed by atoms with Crippen LogP contribution in [0.5, 0.6) is 5.75 Å². The fourth-order valence-electron chi connectivity index (χ4n) is 1.84. The van der Waals surface area contributed by atoms with Crippen molar-refractivity contribution in [2.75, 3.05) is 20.3 Å². The number of aliphatic hydroxyl groups is 1. The first-order valence-corrected chi connectivity index (χ1v) is 7.05. The lowest BCUT2D eigenvalue weighted by atomic mass is 10.1. The first-order valence-electron chi connectivity index (χ1n) is 6.25. The summed E-state index contributed by atoms with van der Waals surface area (Å²) in [6, 6.07) is 6.62. The van der Waals surface area contributed by atoms with Crippen LogP contribution >= 0.6 is 15.9 Å². The summed E-state index contributed by atoms with van der Waals surface area (Å²) < 4.78 is 6.20. The third-order valence-corrected chi connectivity index (χ3v) is 3.56. The summed E-state index contributed by atoms with van der Waals surface area (Å²) >= 11 is 3.50. The van der Waals surface area contributed by atoms with Crippen LogP contribution in [0.3, 0.4) is 0 Å². The summed E-state index contributed by atoms with van der Waals surface area (Å²) in [5.41, 5.74) is 1.24. The molecule has 1 N–H and O–H groups in total. The second-order valence-electron chi connectivity index (χ2n) is 4.61. The molecule has 1 aromatic rings. The molecule has 0 aliphatic carbocycles. The first kappa shape index (κ1) is 15.5. The maximum absolute atomic E-state index is 8.92. The molecule has 0 heterocycles. The first-order chi connectivity index (χ1) is 8.58. The molecule has 0 spiro atoms. The topological polar surface area (TPSA) is 32.7 Å². The van der Waals surface area contributed by atoms with Crippen molar-refractivity contribution in [1.82, 2.24) is 4.90 Å². The minimum atomic E-state index is 0.246. The van der Waals surface area contributed by atoms with Crippen molar-refractivity contribution in [2.24, 2.45) is 0 Å². The van der Waals surface area contributed by atoms with E-state index < -0.39 is 0 Å². The fraction of sp³-hybridized carbons (Fsp3) is 0.571. The quantitative estimate of drug-likeness (QED) is 0.839. The third kappa shape index (κ3) is 4.59. The molecule has 0 saturated carbocycles. The van der Waals surface area contributed by atoms with Crippen LogP contribution in [0.2, 0.25) is 0 Å². The standard InChI is InChI=1S/C14H22BrNO2/c1-11(2)16(7-4-8-17)10-12-5-6-14(18-3)13(15)9-12/h5-6,9,11,17H,4,7-8,10H2,1-3H3. The molecular weight excluding hydrogens is 294 g/mol. The normalized spacial score (nSPS) is 11.3. The molecule has 0 bridgehead atoms. The van der Waals surface area contributed by atoms with E-state index in [1.165, 1.54) is 5.56 Å². The molecule has 4 heteroatoms. The van der Waals surface area contributed by atoms with Gasteiger partial charge in [-0.2, -0.15) is 0 Å². The number of hydrogen-bond acceptors (Lipinski definition) is 3. The molecule has 18 heavy (non-hydrogen) atoms. The van der Waals surface area contributed by atoms with E-state index in [9.17, 15) is 0 Å². The van der Waals surface area contributed by atoms with Gasteiger partial charge in [0.05, 0.1) is 11.6 Å². The highest BCUT2D eigenvalue weighted by Crippen LogP contribution is 2.26. The largest absolute Gasteiger partial charge is 0.496 e. The average molecular weight is 316 g/mol. The van der Waals surface area contributed by atoms with Gasteiger partial charge in [0, 0.05) is 25.7 Å². The monoisotopic (exact) mass is 315 g/mol. The van der Waals surface area contributed by atoms with Crippen molar-refractivity contribution >= 4 is 15.9 Å². The molecule has 1 rings (SSSR count). The Morgan fingerprint density at radius 1 is 1.39 bits per heavy atom. The molecule has 102 valence electrons. The molecule has 0 saturated heterocycles. The van der Waals surface area contributed by atoms with Crippen LogP contribution in [0.4, 0.5) is 0 Å². The number of benzene rings is 1. The summed E-state index contributed by atoms with van der Waals surface area (Å²) in [5.74, 6) is 0.852. The Morgan fingerprint density at radius 2 is 2.11 bits per heavy atom. The van der Waals surface area contributed by atoms with E-state index in [4.69, 9.17) is 9.84 Å². The Bertz CT molecular complexity index is 369. The van der Waals surface area contributed by atoms with Gasteiger partial charge in [-0.3, -0.25) is 4.90 Å². The predicted octanol–water partition coefficient (Wildman–Crippen LogP) is 3.05. The summed E-state index contributed by atoms with van der Waals surface area (Å²) in [5, 5.41) is 8.92. The molecule has 0 aliphatic rings. The van der Waals surface area contributed by atoms with Gasteiger partial charge in [0.1, 0.15) is 5.75 Å². The molecule has 1 aromatic carbocycles. The number of nitrogens with zero attached hydrogens (tertiary/aromatic N) is 1. The molecule has 0 aromatic heterocycles. The second kappa shape index (κ2) is 7.77. The smallest absolute Gasteiger partial charge is 0.133 e. The van der Waals surface area contributed by atoms with Gasteiger partial charge in [0.2, 0.25) is 0 Å². The summed E-state index contributed by atoms with van der Waals surface area (Å²) in [6.45, 7) is 6.40. The molecule has 0 aliphatic heterocycles. The zero-order valence-electron chi connectivity index (χ0n) is 11.3. The minimum Gasteiger partial charge on any atom is -0.496 e. The fourth-order valence-corrected chi connectivity index (χ4v) is 2.42. The minimum absolute atomic E-state index is 0.246. The van der Waals surface area contributed by atoms with Crippen molar-refractivity contribution < 1.29 is 9.84 Å². The lowest BCUT2D eigenvalue weighted by molar-refractivity contribution is 0.185. The Kier molecular flexibility index (Phi) is 6.68. The summed E-state index contributed by atoms with van der Waals surface area (Å²) in [7, 11) is 1.67. The molecule has 0 fully saturated rings. The van der Waals surface area contributed by atoms with E-state index in [-0.39, 0.29) is 6.61 Å². The Labute approximate surface area is 118 Å². The van der Waals surface area contributed by atoms with Gasteiger partial charge < -0.3 is 9.84 Å². The van der Waals surface area contributed by atoms with Crippen LogP contribution in [-0.2, 0) is 6.54 Å². The van der Waals surface area contributed by atoms with Crippen LogP contribution < -0.4 is 4.74 Å². The number of halogens is 1. The van der Waals surface area contributed by atoms with E-state index in [0.717, 1.165) is 29.7 Å². The van der Waals surface area contributed by atoms with Gasteiger partial charge in [-0.05, 0) is 53.9 Å². The van der Waals surface area contributed by atoms with Crippen LogP contribution in [0.25, 0.3) is 0 Å². The Balaban J connectivity index is 2.71. The van der Waals surface area contributed by atoms with E-state index in [1.54, 1.807) is 7.11 Å². The van der Waals surface area contributed by atoms with E-state index in [2.05, 4.69) is 46.8 Å². The Morgan fingerprint density at radius 3 is 2.61 bits per heavy atom. The van der Waals surface area contributed by atoms with Crippen LogP contribution in [0.15, 0.2) is 22.7 Å². The van der Waals surface area contributed by atoms with Crippen molar-refractivity contribution in [3.63, 3.8) is 0 Å². The lowest BCUT2D eigenvalue weighted by Crippen LogP contribution is -2.31. The second-order valence-corrected chi connectivity index (χ2v) is 5.46. The highest BCUT2D eigenvalue weighted by atomic mass is 79.9. The molecule has 0 atom stereocenters. The number of aliphatic hydroxyl groups excluding tert-OH is 1.